The third-order valence-electron chi connectivity index (χ3n) is 4.64. The summed E-state index contributed by atoms with van der Waals surface area (Å²) in [6.07, 6.45) is 0. The van der Waals surface area contributed by atoms with E-state index >= 15 is 0 Å². The Morgan fingerprint density at radius 1 is 0.857 bits per heavy atom. The van der Waals surface area contributed by atoms with Crippen LogP contribution in [0.25, 0.3) is 0 Å². The molecule has 0 aliphatic heterocycles. The number of anilines is 1. The predicted molar refractivity (Wildman–Crippen MR) is 108 cm³/mol. The van der Waals surface area contributed by atoms with Crippen LogP contribution in [-0.4, -0.2) is 11.8 Å². The molecule has 0 heterocycles. The van der Waals surface area contributed by atoms with E-state index in [1.807, 2.05) is 32.0 Å². The number of carbonyl (C=O) groups is 2. The first kappa shape index (κ1) is 19.3. The molecule has 0 saturated carbocycles. The number of nitrogens with one attached hydrogen (secondary N) is 2. The van der Waals surface area contributed by atoms with Gasteiger partial charge in [-0.1, -0.05) is 36.4 Å². The summed E-state index contributed by atoms with van der Waals surface area (Å²) in [5, 5.41) is 5.56. The maximum absolute atomic E-state index is 13.7. The van der Waals surface area contributed by atoms with E-state index in [4.69, 9.17) is 0 Å². The molecule has 0 aliphatic rings. The highest BCUT2D eigenvalue weighted by atomic mass is 19.1. The summed E-state index contributed by atoms with van der Waals surface area (Å²) in [4.78, 5) is 25.0. The molecule has 5 heteroatoms. The minimum absolute atomic E-state index is 0.0738. The van der Waals surface area contributed by atoms with Crippen LogP contribution in [0.15, 0.2) is 66.7 Å². The summed E-state index contributed by atoms with van der Waals surface area (Å²) < 4.78 is 13.7. The Hall–Kier alpha value is -3.47. The largest absolute Gasteiger partial charge is 0.348 e. The van der Waals surface area contributed by atoms with E-state index in [9.17, 15) is 14.0 Å². The van der Waals surface area contributed by atoms with Gasteiger partial charge in [-0.25, -0.2) is 4.39 Å². The summed E-state index contributed by atoms with van der Waals surface area (Å²) in [7, 11) is 0. The maximum Gasteiger partial charge on any atom is 0.255 e. The summed E-state index contributed by atoms with van der Waals surface area (Å²) in [6, 6.07) is 18.4. The third-order valence-corrected chi connectivity index (χ3v) is 4.64. The Balaban J connectivity index is 1.70. The summed E-state index contributed by atoms with van der Waals surface area (Å²) in [5.74, 6) is -1.04. The first-order valence-corrected chi connectivity index (χ1v) is 8.95. The Bertz CT molecular complexity index is 1030. The zero-order valence-corrected chi connectivity index (χ0v) is 15.8. The zero-order chi connectivity index (χ0) is 20.1. The topological polar surface area (TPSA) is 58.2 Å². The van der Waals surface area contributed by atoms with Gasteiger partial charge >= 0.3 is 0 Å². The highest BCUT2D eigenvalue weighted by Crippen LogP contribution is 2.19. The molecule has 28 heavy (non-hydrogen) atoms. The molecule has 3 aromatic carbocycles. The van der Waals surface area contributed by atoms with Crippen LogP contribution in [0.1, 0.15) is 37.4 Å². The van der Waals surface area contributed by atoms with Crippen LogP contribution in [-0.2, 0) is 6.54 Å². The fraction of sp³-hybridized carbons (Fsp3) is 0.130. The van der Waals surface area contributed by atoms with Crippen molar-refractivity contribution >= 4 is 17.5 Å². The van der Waals surface area contributed by atoms with E-state index in [1.165, 1.54) is 12.1 Å². The monoisotopic (exact) mass is 376 g/mol. The molecule has 0 fully saturated rings. The quantitative estimate of drug-likeness (QED) is 0.682. The summed E-state index contributed by atoms with van der Waals surface area (Å²) >= 11 is 0. The number of hydrogen-bond donors (Lipinski definition) is 2. The molecular formula is C23H21FN2O2. The standard InChI is InChI=1S/C23H21FN2O2/c1-15-7-5-12-21(16(15)2)26-23(28)18-10-6-9-17(13-18)22(27)25-14-19-8-3-4-11-20(19)24/h3-13H,14H2,1-2H3,(H,25,27)(H,26,28). The lowest BCUT2D eigenvalue weighted by atomic mass is 10.1. The Morgan fingerprint density at radius 2 is 1.54 bits per heavy atom. The number of aryl methyl sites for hydroxylation is 1. The Morgan fingerprint density at radius 3 is 2.29 bits per heavy atom. The van der Waals surface area contributed by atoms with Gasteiger partial charge in [-0.15, -0.1) is 0 Å². The molecule has 3 rings (SSSR count). The van der Waals surface area contributed by atoms with Crippen molar-refractivity contribution in [3.8, 4) is 0 Å². The van der Waals surface area contributed by atoms with Crippen LogP contribution >= 0.6 is 0 Å². The van der Waals surface area contributed by atoms with Crippen molar-refractivity contribution in [2.75, 3.05) is 5.32 Å². The molecule has 0 bridgehead atoms. The van der Waals surface area contributed by atoms with E-state index in [1.54, 1.807) is 36.4 Å². The number of rotatable bonds is 5. The molecule has 142 valence electrons. The molecule has 0 spiro atoms. The Labute approximate surface area is 163 Å². The van der Waals surface area contributed by atoms with Crippen molar-refractivity contribution in [3.05, 3.63) is 100 Å². The number of carbonyl (C=O) groups excluding carboxylic acids is 2. The molecule has 4 nitrogen and oxygen atoms in total. The van der Waals surface area contributed by atoms with Gasteiger partial charge in [0.05, 0.1) is 0 Å². The van der Waals surface area contributed by atoms with Gasteiger partial charge in [0.1, 0.15) is 5.82 Å². The van der Waals surface area contributed by atoms with Gasteiger partial charge < -0.3 is 10.6 Å². The Kier molecular flexibility index (Phi) is 5.84. The lowest BCUT2D eigenvalue weighted by Crippen LogP contribution is -2.24. The average Bonchev–Trinajstić information content (AvgIpc) is 2.70. The van der Waals surface area contributed by atoms with Crippen LogP contribution in [0.4, 0.5) is 10.1 Å². The molecule has 0 atom stereocenters. The van der Waals surface area contributed by atoms with Gasteiger partial charge in [-0.05, 0) is 55.3 Å². The van der Waals surface area contributed by atoms with E-state index in [2.05, 4.69) is 10.6 Å². The van der Waals surface area contributed by atoms with E-state index in [-0.39, 0.29) is 24.2 Å². The third kappa shape index (κ3) is 4.43. The van der Waals surface area contributed by atoms with Crippen LogP contribution < -0.4 is 10.6 Å². The van der Waals surface area contributed by atoms with Gasteiger partial charge in [-0.2, -0.15) is 0 Å². The van der Waals surface area contributed by atoms with Crippen LogP contribution in [0.3, 0.4) is 0 Å². The van der Waals surface area contributed by atoms with Crippen molar-refractivity contribution < 1.29 is 14.0 Å². The minimum Gasteiger partial charge on any atom is -0.348 e. The lowest BCUT2D eigenvalue weighted by molar-refractivity contribution is 0.0950. The second-order valence-electron chi connectivity index (χ2n) is 6.56. The molecule has 2 N–H and O–H groups in total. The predicted octanol–water partition coefficient (Wildman–Crippen LogP) is 4.62. The van der Waals surface area contributed by atoms with Crippen LogP contribution in [0, 0.1) is 19.7 Å². The summed E-state index contributed by atoms with van der Waals surface area (Å²) in [5.41, 5.74) is 3.93. The molecule has 0 radical (unpaired) electrons. The number of benzene rings is 3. The van der Waals surface area contributed by atoms with Gasteiger partial charge in [0.15, 0.2) is 0 Å². The van der Waals surface area contributed by atoms with Crippen LogP contribution in [0.2, 0.25) is 0 Å². The minimum atomic E-state index is -0.371. The summed E-state index contributed by atoms with van der Waals surface area (Å²) in [6.45, 7) is 3.99. The lowest BCUT2D eigenvalue weighted by Gasteiger charge is -2.11. The highest BCUT2D eigenvalue weighted by molar-refractivity contribution is 6.06. The fourth-order valence-corrected chi connectivity index (χ4v) is 2.80. The SMILES string of the molecule is Cc1cccc(NC(=O)c2cccc(C(=O)NCc3ccccc3F)c2)c1C. The van der Waals surface area contributed by atoms with Gasteiger partial charge in [0.25, 0.3) is 11.8 Å². The first-order chi connectivity index (χ1) is 13.5. The molecule has 0 unspecified atom stereocenters. The van der Waals surface area contributed by atoms with E-state index in [0.717, 1.165) is 16.8 Å². The highest BCUT2D eigenvalue weighted by Gasteiger charge is 2.12. The van der Waals surface area contributed by atoms with Crippen molar-refractivity contribution in [1.29, 1.82) is 0 Å². The number of halogens is 1. The maximum atomic E-state index is 13.7. The van der Waals surface area contributed by atoms with Crippen molar-refractivity contribution in [1.82, 2.24) is 5.32 Å². The van der Waals surface area contributed by atoms with E-state index in [0.29, 0.717) is 16.7 Å². The molecule has 0 aliphatic carbocycles. The molecule has 2 amide bonds. The van der Waals surface area contributed by atoms with Crippen molar-refractivity contribution in [3.63, 3.8) is 0 Å². The van der Waals surface area contributed by atoms with Gasteiger partial charge in [0, 0.05) is 28.9 Å². The molecule has 0 aromatic heterocycles. The number of amides is 2. The molecule has 3 aromatic rings. The first-order valence-electron chi connectivity index (χ1n) is 8.95. The van der Waals surface area contributed by atoms with Crippen LogP contribution in [0.5, 0.6) is 0 Å². The van der Waals surface area contributed by atoms with Crippen molar-refractivity contribution in [2.45, 2.75) is 20.4 Å². The normalized spacial score (nSPS) is 10.4. The average molecular weight is 376 g/mol. The molecule has 0 saturated heterocycles. The zero-order valence-electron chi connectivity index (χ0n) is 15.8. The van der Waals surface area contributed by atoms with Gasteiger partial charge in [-0.3, -0.25) is 9.59 Å². The van der Waals surface area contributed by atoms with Gasteiger partial charge in [0.2, 0.25) is 0 Å². The second-order valence-corrected chi connectivity index (χ2v) is 6.56. The second kappa shape index (κ2) is 8.48. The fourth-order valence-electron chi connectivity index (χ4n) is 2.80. The molecular weight excluding hydrogens is 355 g/mol. The number of hydrogen-bond acceptors (Lipinski definition) is 2. The van der Waals surface area contributed by atoms with Crippen molar-refractivity contribution in [2.24, 2.45) is 0 Å². The smallest absolute Gasteiger partial charge is 0.255 e. The van der Waals surface area contributed by atoms with E-state index < -0.39 is 0 Å².